The molecule has 2 nitrogen and oxygen atoms in total. The normalized spacial score (nSPS) is 26.1. The molecule has 1 aliphatic rings. The van der Waals surface area contributed by atoms with Gasteiger partial charge < -0.3 is 10.0 Å². The van der Waals surface area contributed by atoms with Crippen LogP contribution in [0.25, 0.3) is 0 Å². The van der Waals surface area contributed by atoms with E-state index >= 15 is 0 Å². The first-order chi connectivity index (χ1) is 10.0. The van der Waals surface area contributed by atoms with Gasteiger partial charge in [-0.15, -0.1) is 0 Å². The maximum atomic E-state index is 10.3. The number of benzene rings is 1. The van der Waals surface area contributed by atoms with Crippen LogP contribution in [0, 0.1) is 17.8 Å². The summed E-state index contributed by atoms with van der Waals surface area (Å²) in [5.41, 5.74) is 2.63. The number of hydrogen-bond acceptors (Lipinski definition) is 2. The lowest BCUT2D eigenvalue weighted by Crippen LogP contribution is -2.38. The summed E-state index contributed by atoms with van der Waals surface area (Å²) in [6, 6.07) is 8.82. The molecule has 1 aliphatic carbocycles. The summed E-state index contributed by atoms with van der Waals surface area (Å²) in [6.45, 7) is 7.76. The second-order valence-corrected chi connectivity index (χ2v) is 7.05. The highest BCUT2D eigenvalue weighted by Gasteiger charge is 2.31. The average molecular weight is 289 g/mol. The van der Waals surface area contributed by atoms with E-state index in [0.29, 0.717) is 5.92 Å². The van der Waals surface area contributed by atoms with Gasteiger partial charge in [0, 0.05) is 25.2 Å². The van der Waals surface area contributed by atoms with Gasteiger partial charge in [-0.05, 0) is 55.2 Å². The minimum absolute atomic E-state index is 0.127. The molecule has 0 saturated heterocycles. The number of anilines is 1. The molecule has 0 aromatic heterocycles. The number of rotatable bonds is 5. The van der Waals surface area contributed by atoms with Gasteiger partial charge in [-0.1, -0.05) is 32.9 Å². The van der Waals surface area contributed by atoms with E-state index < -0.39 is 0 Å². The maximum Gasteiger partial charge on any atom is 0.0585 e. The van der Waals surface area contributed by atoms with Gasteiger partial charge in [-0.2, -0.15) is 0 Å². The first kappa shape index (κ1) is 16.4. The van der Waals surface area contributed by atoms with Crippen molar-refractivity contribution in [3.8, 4) is 0 Å². The Morgan fingerprint density at radius 2 is 1.86 bits per heavy atom. The number of aryl methyl sites for hydroxylation is 1. The molecule has 3 atom stereocenters. The van der Waals surface area contributed by atoms with E-state index in [1.54, 1.807) is 0 Å². The van der Waals surface area contributed by atoms with Gasteiger partial charge >= 0.3 is 0 Å². The third-order valence-electron chi connectivity index (χ3n) is 5.22. The summed E-state index contributed by atoms with van der Waals surface area (Å²) in [5, 5.41) is 10.3. The number of aliphatic hydroxyl groups is 1. The topological polar surface area (TPSA) is 23.5 Å². The van der Waals surface area contributed by atoms with E-state index in [9.17, 15) is 5.11 Å². The van der Waals surface area contributed by atoms with Crippen molar-refractivity contribution in [3.63, 3.8) is 0 Å². The van der Waals surface area contributed by atoms with E-state index in [1.165, 1.54) is 17.7 Å². The van der Waals surface area contributed by atoms with Gasteiger partial charge in [0.1, 0.15) is 0 Å². The monoisotopic (exact) mass is 289 g/mol. The second kappa shape index (κ2) is 7.31. The zero-order valence-corrected chi connectivity index (χ0v) is 14.0. The fourth-order valence-electron chi connectivity index (χ4n) is 3.53. The van der Waals surface area contributed by atoms with Crippen LogP contribution in [0.15, 0.2) is 24.3 Å². The van der Waals surface area contributed by atoms with Crippen LogP contribution in [0.4, 0.5) is 5.69 Å². The molecule has 1 N–H and O–H groups in total. The Kier molecular flexibility index (Phi) is 5.69. The molecule has 1 saturated carbocycles. The highest BCUT2D eigenvalue weighted by atomic mass is 16.3. The second-order valence-electron chi connectivity index (χ2n) is 7.05. The van der Waals surface area contributed by atoms with Crippen molar-refractivity contribution in [3.05, 3.63) is 29.8 Å². The van der Waals surface area contributed by atoms with Crippen LogP contribution in [-0.2, 0) is 6.42 Å². The van der Waals surface area contributed by atoms with Crippen LogP contribution < -0.4 is 4.90 Å². The van der Waals surface area contributed by atoms with Gasteiger partial charge in [-0.3, -0.25) is 0 Å². The van der Waals surface area contributed by atoms with E-state index in [0.717, 1.165) is 37.6 Å². The zero-order chi connectivity index (χ0) is 15.4. The lowest BCUT2D eigenvalue weighted by atomic mass is 9.74. The molecule has 0 spiro atoms. The molecule has 2 heteroatoms. The third-order valence-corrected chi connectivity index (χ3v) is 5.22. The summed E-state index contributed by atoms with van der Waals surface area (Å²) in [4.78, 5) is 2.30. The maximum absolute atomic E-state index is 10.3. The molecule has 0 aliphatic heterocycles. The van der Waals surface area contributed by atoms with E-state index in [4.69, 9.17) is 0 Å². The Hall–Kier alpha value is -1.02. The van der Waals surface area contributed by atoms with Crippen molar-refractivity contribution in [1.82, 2.24) is 0 Å². The summed E-state index contributed by atoms with van der Waals surface area (Å²) >= 11 is 0. The minimum atomic E-state index is -0.127. The summed E-state index contributed by atoms with van der Waals surface area (Å²) < 4.78 is 0. The van der Waals surface area contributed by atoms with Gasteiger partial charge in [0.2, 0.25) is 0 Å². The minimum Gasteiger partial charge on any atom is -0.393 e. The highest BCUT2D eigenvalue weighted by Crippen LogP contribution is 2.34. The van der Waals surface area contributed by atoms with E-state index in [2.05, 4.69) is 57.0 Å². The Bertz CT molecular complexity index is 426. The molecular weight excluding hydrogens is 258 g/mol. The summed E-state index contributed by atoms with van der Waals surface area (Å²) in [6.07, 6.45) is 4.27. The third kappa shape index (κ3) is 4.23. The molecule has 0 heterocycles. The largest absolute Gasteiger partial charge is 0.393 e. The molecule has 0 radical (unpaired) electrons. The van der Waals surface area contributed by atoms with Gasteiger partial charge in [0.15, 0.2) is 0 Å². The van der Waals surface area contributed by atoms with Crippen LogP contribution in [-0.4, -0.2) is 24.8 Å². The molecular formula is C19H31NO. The lowest BCUT2D eigenvalue weighted by Gasteiger charge is -2.37. The number of hydrogen-bond donors (Lipinski definition) is 1. The van der Waals surface area contributed by atoms with Crippen LogP contribution in [0.5, 0.6) is 0 Å². The Labute approximate surface area is 130 Å². The van der Waals surface area contributed by atoms with Crippen molar-refractivity contribution < 1.29 is 5.11 Å². The van der Waals surface area contributed by atoms with Crippen LogP contribution in [0.3, 0.4) is 0 Å². The molecule has 0 bridgehead atoms. The smallest absolute Gasteiger partial charge is 0.0585 e. The molecule has 21 heavy (non-hydrogen) atoms. The Balaban J connectivity index is 1.97. The first-order valence-electron chi connectivity index (χ1n) is 8.49. The van der Waals surface area contributed by atoms with Crippen molar-refractivity contribution in [1.29, 1.82) is 0 Å². The molecule has 1 aromatic rings. The number of aliphatic hydroxyl groups excluding tert-OH is 1. The summed E-state index contributed by atoms with van der Waals surface area (Å²) in [7, 11) is 2.15. The number of nitrogens with zero attached hydrogens (tertiary/aromatic N) is 1. The van der Waals surface area contributed by atoms with Crippen LogP contribution in [0.1, 0.15) is 45.6 Å². The predicted molar refractivity (Wildman–Crippen MR) is 90.8 cm³/mol. The fraction of sp³-hybridized carbons (Fsp3) is 0.684. The fourth-order valence-corrected chi connectivity index (χ4v) is 3.53. The molecule has 0 amide bonds. The Morgan fingerprint density at radius 3 is 2.43 bits per heavy atom. The van der Waals surface area contributed by atoms with Crippen LogP contribution in [0.2, 0.25) is 0 Å². The summed E-state index contributed by atoms with van der Waals surface area (Å²) in [5.74, 6) is 1.91. The molecule has 3 unspecified atom stereocenters. The Morgan fingerprint density at radius 1 is 1.19 bits per heavy atom. The van der Waals surface area contributed by atoms with E-state index in [-0.39, 0.29) is 6.10 Å². The molecule has 1 fully saturated rings. The lowest BCUT2D eigenvalue weighted by molar-refractivity contribution is 0.0414. The highest BCUT2D eigenvalue weighted by molar-refractivity contribution is 5.46. The quantitative estimate of drug-likeness (QED) is 0.881. The van der Waals surface area contributed by atoms with Crippen molar-refractivity contribution in [2.45, 2.75) is 52.6 Å². The van der Waals surface area contributed by atoms with Crippen molar-refractivity contribution in [2.24, 2.45) is 17.8 Å². The zero-order valence-electron chi connectivity index (χ0n) is 14.0. The first-order valence-corrected chi connectivity index (χ1v) is 8.49. The molecule has 2 rings (SSSR count). The van der Waals surface area contributed by atoms with Gasteiger partial charge in [0.05, 0.1) is 6.10 Å². The van der Waals surface area contributed by atoms with Crippen molar-refractivity contribution >= 4 is 5.69 Å². The standard InChI is InChI=1S/C19H31NO/c1-5-15-6-9-18(10-7-15)20(4)13-17-12-16(14(2)3)8-11-19(17)21/h6-7,9-10,14,16-17,19,21H,5,8,11-13H2,1-4H3. The van der Waals surface area contributed by atoms with Gasteiger partial charge in [-0.25, -0.2) is 0 Å². The molecule has 118 valence electrons. The van der Waals surface area contributed by atoms with Gasteiger partial charge in [0.25, 0.3) is 0 Å². The van der Waals surface area contributed by atoms with E-state index in [1.807, 2.05) is 0 Å². The predicted octanol–water partition coefficient (Wildman–Crippen LogP) is 4.12. The SMILES string of the molecule is CCc1ccc(N(C)CC2CC(C(C)C)CCC2O)cc1. The average Bonchev–Trinajstić information content (AvgIpc) is 2.49. The van der Waals surface area contributed by atoms with Crippen LogP contribution >= 0.6 is 0 Å². The van der Waals surface area contributed by atoms with Crippen molar-refractivity contribution in [2.75, 3.05) is 18.5 Å². The molecule has 1 aromatic carbocycles.